The fourth-order valence-corrected chi connectivity index (χ4v) is 0.486. The van der Waals surface area contributed by atoms with Crippen molar-refractivity contribution in [1.29, 1.82) is 0 Å². The summed E-state index contributed by atoms with van der Waals surface area (Å²) >= 11 is 16.1. The summed E-state index contributed by atoms with van der Waals surface area (Å²) in [7, 11) is 0. The third kappa shape index (κ3) is 13.0. The maximum absolute atomic E-state index is 10.3. The number of carbonyl (C=O) groups is 1. The molecule has 5 heteroatoms. The molecule has 0 bridgehead atoms. The minimum atomic E-state index is -0.990. The third-order valence-corrected chi connectivity index (χ3v) is 2.11. The first-order chi connectivity index (χ1) is 7.72. The molecule has 0 radical (unpaired) electrons. The third-order valence-electron chi connectivity index (χ3n) is 1.30. The summed E-state index contributed by atoms with van der Waals surface area (Å²) in [5.74, 6) is -0.990. The van der Waals surface area contributed by atoms with Crippen molar-refractivity contribution in [3.63, 3.8) is 0 Å². The normalized spacial score (nSPS) is 11.1. The van der Waals surface area contributed by atoms with Crippen LogP contribution in [-0.4, -0.2) is 11.1 Å². The van der Waals surface area contributed by atoms with E-state index >= 15 is 0 Å². The Kier molecular flexibility index (Phi) is 11.1. The van der Waals surface area contributed by atoms with Gasteiger partial charge in [-0.15, -0.1) is 0 Å². The van der Waals surface area contributed by atoms with Gasteiger partial charge in [-0.1, -0.05) is 66.7 Å². The summed E-state index contributed by atoms with van der Waals surface area (Å²) in [5.41, 5.74) is 0.186. The zero-order valence-electron chi connectivity index (χ0n) is 9.34. The highest BCUT2D eigenvalue weighted by molar-refractivity contribution is 6.43. The quantitative estimate of drug-likeness (QED) is 0.596. The number of hydrogen-bond donors (Lipinski definition) is 1. The Labute approximate surface area is 116 Å². The number of aliphatic carboxylic acids is 1. The second-order valence-electron chi connectivity index (χ2n) is 2.73. The second-order valence-corrected chi connectivity index (χ2v) is 4.07. The molecule has 0 saturated heterocycles. The molecule has 0 rings (SSSR count). The van der Waals surface area contributed by atoms with Gasteiger partial charge in [-0.05, 0) is 13.0 Å². The Hall–Kier alpha value is -0.960. The maximum Gasteiger partial charge on any atom is 0.331 e. The molecule has 0 fully saturated rings. The molecule has 0 aliphatic rings. The molecule has 0 saturated carbocycles. The van der Waals surface area contributed by atoms with Gasteiger partial charge in [0, 0.05) is 10.6 Å². The van der Waals surface area contributed by atoms with E-state index in [4.69, 9.17) is 39.9 Å². The zero-order chi connectivity index (χ0) is 14.0. The highest BCUT2D eigenvalue weighted by Crippen LogP contribution is 2.16. The first kappa shape index (κ1) is 18.4. The van der Waals surface area contributed by atoms with Gasteiger partial charge < -0.3 is 5.11 Å². The molecule has 94 valence electrons. The van der Waals surface area contributed by atoms with E-state index in [1.807, 2.05) is 0 Å². The fourth-order valence-electron chi connectivity index (χ4n) is 0.360. The largest absolute Gasteiger partial charge is 0.478 e. The zero-order valence-corrected chi connectivity index (χ0v) is 11.6. The van der Waals surface area contributed by atoms with Crippen molar-refractivity contribution in [2.45, 2.75) is 6.92 Å². The molecule has 0 spiro atoms. The summed E-state index contributed by atoms with van der Waals surface area (Å²) in [5, 5.41) is 9.35. The molecule has 0 heterocycles. The Morgan fingerprint density at radius 3 is 1.82 bits per heavy atom. The lowest BCUT2D eigenvalue weighted by Gasteiger charge is -1.91. The molecule has 0 aliphatic heterocycles. The van der Waals surface area contributed by atoms with Crippen LogP contribution >= 0.6 is 34.8 Å². The van der Waals surface area contributed by atoms with Crippen LogP contribution in [-0.2, 0) is 4.79 Å². The van der Waals surface area contributed by atoms with Crippen molar-refractivity contribution < 1.29 is 9.90 Å². The van der Waals surface area contributed by atoms with Gasteiger partial charge in [-0.2, -0.15) is 0 Å². The number of carboxylic acid groups (broad SMARTS) is 1. The molecule has 0 aromatic carbocycles. The van der Waals surface area contributed by atoms with Crippen LogP contribution in [0, 0.1) is 0 Å². The van der Waals surface area contributed by atoms with Gasteiger partial charge in [-0.25, -0.2) is 4.79 Å². The topological polar surface area (TPSA) is 37.3 Å². The predicted molar refractivity (Wildman–Crippen MR) is 75.5 cm³/mol. The van der Waals surface area contributed by atoms with Crippen LogP contribution < -0.4 is 0 Å². The molecule has 0 unspecified atom stereocenters. The molecular formula is C12H13Cl3O2. The predicted octanol–water partition coefficient (Wildman–Crippen LogP) is 4.82. The van der Waals surface area contributed by atoms with Crippen molar-refractivity contribution in [2.24, 2.45) is 0 Å². The SMILES string of the molecule is C=C(Cl)C(Cl)=CC=C(C)C(=O)O.C=CC(=C)Cl. The number of allylic oxidation sites excluding steroid dienone is 6. The van der Waals surface area contributed by atoms with Crippen LogP contribution in [0.4, 0.5) is 0 Å². The van der Waals surface area contributed by atoms with Gasteiger partial charge in [0.25, 0.3) is 0 Å². The van der Waals surface area contributed by atoms with Crippen LogP contribution in [0.25, 0.3) is 0 Å². The van der Waals surface area contributed by atoms with E-state index in [1.54, 1.807) is 0 Å². The molecular weight excluding hydrogens is 282 g/mol. The van der Waals surface area contributed by atoms with Crippen molar-refractivity contribution >= 4 is 40.8 Å². The molecule has 0 aromatic rings. The van der Waals surface area contributed by atoms with Crippen LogP contribution in [0.1, 0.15) is 6.92 Å². The highest BCUT2D eigenvalue weighted by Gasteiger charge is 1.97. The summed E-state index contributed by atoms with van der Waals surface area (Å²) in [6.45, 7) is 11.5. The van der Waals surface area contributed by atoms with Crippen molar-refractivity contribution in [3.8, 4) is 0 Å². The van der Waals surface area contributed by atoms with Gasteiger partial charge in [0.1, 0.15) is 0 Å². The summed E-state index contributed by atoms with van der Waals surface area (Å²) in [4.78, 5) is 10.3. The minimum absolute atomic E-state index is 0.186. The first-order valence-corrected chi connectivity index (χ1v) is 5.44. The fraction of sp³-hybridized carbons (Fsp3) is 0.0833. The Morgan fingerprint density at radius 1 is 1.18 bits per heavy atom. The lowest BCUT2D eigenvalue weighted by Crippen LogP contribution is -1.94. The lowest BCUT2D eigenvalue weighted by molar-refractivity contribution is -0.132. The van der Waals surface area contributed by atoms with Gasteiger partial charge in [0.05, 0.1) is 10.1 Å². The summed E-state index contributed by atoms with van der Waals surface area (Å²) < 4.78 is 0. The number of rotatable bonds is 4. The molecule has 2 nitrogen and oxygen atoms in total. The van der Waals surface area contributed by atoms with Crippen LogP contribution in [0.2, 0.25) is 0 Å². The van der Waals surface area contributed by atoms with E-state index in [2.05, 4.69) is 19.7 Å². The van der Waals surface area contributed by atoms with E-state index in [-0.39, 0.29) is 15.6 Å². The molecule has 0 aromatic heterocycles. The first-order valence-electron chi connectivity index (χ1n) is 4.31. The van der Waals surface area contributed by atoms with E-state index in [0.717, 1.165) is 0 Å². The van der Waals surface area contributed by atoms with E-state index in [0.29, 0.717) is 5.03 Å². The number of carboxylic acids is 1. The Bertz CT molecular complexity index is 351. The maximum atomic E-state index is 10.3. The van der Waals surface area contributed by atoms with Gasteiger partial charge in [0.15, 0.2) is 0 Å². The van der Waals surface area contributed by atoms with E-state index in [1.165, 1.54) is 25.2 Å². The molecule has 0 amide bonds. The molecule has 1 N–H and O–H groups in total. The van der Waals surface area contributed by atoms with Crippen LogP contribution in [0.3, 0.4) is 0 Å². The highest BCUT2D eigenvalue weighted by atomic mass is 35.5. The van der Waals surface area contributed by atoms with Gasteiger partial charge in [0.2, 0.25) is 0 Å². The molecule has 0 atom stereocenters. The van der Waals surface area contributed by atoms with Crippen LogP contribution in [0.5, 0.6) is 0 Å². The summed E-state index contributed by atoms with van der Waals surface area (Å²) in [6, 6.07) is 0. The van der Waals surface area contributed by atoms with Crippen molar-refractivity contribution in [3.05, 3.63) is 58.6 Å². The van der Waals surface area contributed by atoms with Gasteiger partial charge >= 0.3 is 5.97 Å². The number of hydrogen-bond acceptors (Lipinski definition) is 1. The van der Waals surface area contributed by atoms with Gasteiger partial charge in [-0.3, -0.25) is 0 Å². The molecule has 17 heavy (non-hydrogen) atoms. The lowest BCUT2D eigenvalue weighted by atomic mass is 10.3. The van der Waals surface area contributed by atoms with Crippen molar-refractivity contribution in [2.75, 3.05) is 0 Å². The van der Waals surface area contributed by atoms with Crippen molar-refractivity contribution in [1.82, 2.24) is 0 Å². The smallest absolute Gasteiger partial charge is 0.331 e. The Balaban J connectivity index is 0. The molecule has 0 aliphatic carbocycles. The van der Waals surface area contributed by atoms with E-state index < -0.39 is 5.97 Å². The standard InChI is InChI=1S/C8H8Cl2O2.C4H5Cl/c1-5(8(11)12)3-4-7(10)6(2)9;1-3-4(2)5/h3-4H,2H2,1H3,(H,11,12);3H,1-2H2. The minimum Gasteiger partial charge on any atom is -0.478 e. The summed E-state index contributed by atoms with van der Waals surface area (Å²) in [6.07, 6.45) is 4.24. The van der Waals surface area contributed by atoms with E-state index in [9.17, 15) is 4.79 Å². The Morgan fingerprint density at radius 2 is 1.59 bits per heavy atom. The average Bonchev–Trinajstić information content (AvgIpc) is 2.25. The monoisotopic (exact) mass is 294 g/mol. The second kappa shape index (κ2) is 10.2. The van der Waals surface area contributed by atoms with Crippen LogP contribution in [0.15, 0.2) is 58.6 Å². The average molecular weight is 296 g/mol. The number of halogens is 3.